The van der Waals surface area contributed by atoms with Crippen LogP contribution in [0.1, 0.15) is 26.7 Å². The average Bonchev–Trinajstić information content (AvgIpc) is 1.82. The Kier molecular flexibility index (Phi) is 4.41. The smallest absolute Gasteiger partial charge is 0.170 e. The standard InChI is InChI=1S/C7H11ClO/c1-3-4-5-7(8)6(2)9/h5H,3-4H2,1-2H3/b7-5-. The van der Waals surface area contributed by atoms with Crippen molar-refractivity contribution >= 4 is 17.4 Å². The monoisotopic (exact) mass is 146 g/mol. The Hall–Kier alpha value is -0.300. The molecule has 0 aliphatic rings. The molecule has 0 rings (SSSR count). The van der Waals surface area contributed by atoms with E-state index in [9.17, 15) is 4.79 Å². The van der Waals surface area contributed by atoms with Crippen LogP contribution >= 0.6 is 11.6 Å². The Morgan fingerprint density at radius 3 is 2.56 bits per heavy atom. The van der Waals surface area contributed by atoms with Crippen molar-refractivity contribution in [2.75, 3.05) is 0 Å². The van der Waals surface area contributed by atoms with Crippen molar-refractivity contribution in [2.45, 2.75) is 26.7 Å². The Bertz CT molecular complexity index is 127. The van der Waals surface area contributed by atoms with Crippen molar-refractivity contribution in [1.82, 2.24) is 0 Å². The molecule has 0 radical (unpaired) electrons. The second-order valence-electron chi connectivity index (χ2n) is 1.90. The predicted molar refractivity (Wildman–Crippen MR) is 39.5 cm³/mol. The number of Topliss-reactive ketones (excluding diaryl/α,β-unsaturated/α-hetero) is 1. The predicted octanol–water partition coefficient (Wildman–Crippen LogP) is 2.50. The van der Waals surface area contributed by atoms with E-state index in [0.29, 0.717) is 5.03 Å². The summed E-state index contributed by atoms with van der Waals surface area (Å²) in [5.41, 5.74) is 0. The average molecular weight is 147 g/mol. The third-order valence-electron chi connectivity index (χ3n) is 0.949. The molecule has 0 aromatic rings. The summed E-state index contributed by atoms with van der Waals surface area (Å²) >= 11 is 5.51. The molecule has 52 valence electrons. The number of carbonyl (C=O) groups is 1. The zero-order valence-corrected chi connectivity index (χ0v) is 6.53. The first-order chi connectivity index (χ1) is 4.18. The number of hydrogen-bond donors (Lipinski definition) is 0. The van der Waals surface area contributed by atoms with Crippen LogP contribution in [0.4, 0.5) is 0 Å². The van der Waals surface area contributed by atoms with Crippen molar-refractivity contribution in [1.29, 1.82) is 0 Å². The lowest BCUT2D eigenvalue weighted by atomic mass is 10.3. The molecule has 0 heterocycles. The van der Waals surface area contributed by atoms with E-state index in [1.807, 2.05) is 6.92 Å². The minimum Gasteiger partial charge on any atom is -0.294 e. The van der Waals surface area contributed by atoms with E-state index in [1.54, 1.807) is 6.08 Å². The third kappa shape index (κ3) is 4.22. The molecule has 0 N–H and O–H groups in total. The molecule has 0 saturated carbocycles. The molecule has 1 nitrogen and oxygen atoms in total. The Labute approximate surface area is 60.7 Å². The lowest BCUT2D eigenvalue weighted by Crippen LogP contribution is -1.87. The number of rotatable bonds is 3. The Morgan fingerprint density at radius 2 is 2.22 bits per heavy atom. The molecule has 0 saturated heterocycles. The Morgan fingerprint density at radius 1 is 1.67 bits per heavy atom. The molecular formula is C7H11ClO. The summed E-state index contributed by atoms with van der Waals surface area (Å²) in [6.07, 6.45) is 3.67. The molecule has 0 amide bonds. The van der Waals surface area contributed by atoms with Gasteiger partial charge < -0.3 is 0 Å². The number of carbonyl (C=O) groups excluding carboxylic acids is 1. The number of allylic oxidation sites excluding steroid dienone is 2. The highest BCUT2D eigenvalue weighted by molar-refractivity contribution is 6.42. The van der Waals surface area contributed by atoms with E-state index < -0.39 is 0 Å². The highest BCUT2D eigenvalue weighted by atomic mass is 35.5. The minimum absolute atomic E-state index is 0.0508. The molecule has 0 aromatic carbocycles. The van der Waals surface area contributed by atoms with Crippen LogP contribution in [0.5, 0.6) is 0 Å². The Balaban J connectivity index is 3.69. The maximum Gasteiger partial charge on any atom is 0.170 e. The van der Waals surface area contributed by atoms with Gasteiger partial charge in [0.05, 0.1) is 5.03 Å². The van der Waals surface area contributed by atoms with Crippen LogP contribution in [0.2, 0.25) is 0 Å². The molecule has 0 bridgehead atoms. The maximum absolute atomic E-state index is 10.4. The van der Waals surface area contributed by atoms with E-state index >= 15 is 0 Å². The first kappa shape index (κ1) is 8.70. The van der Waals surface area contributed by atoms with Crippen molar-refractivity contribution in [3.8, 4) is 0 Å². The van der Waals surface area contributed by atoms with Gasteiger partial charge in [0, 0.05) is 6.92 Å². The van der Waals surface area contributed by atoms with Gasteiger partial charge in [-0.05, 0) is 6.42 Å². The quantitative estimate of drug-likeness (QED) is 0.560. The normalized spacial score (nSPS) is 11.7. The minimum atomic E-state index is -0.0508. The molecule has 2 heteroatoms. The fraction of sp³-hybridized carbons (Fsp3) is 0.571. The highest BCUT2D eigenvalue weighted by Gasteiger charge is 1.95. The zero-order valence-electron chi connectivity index (χ0n) is 5.78. The van der Waals surface area contributed by atoms with E-state index in [4.69, 9.17) is 11.6 Å². The second kappa shape index (κ2) is 4.57. The van der Waals surface area contributed by atoms with Crippen LogP contribution in [0.3, 0.4) is 0 Å². The second-order valence-corrected chi connectivity index (χ2v) is 2.30. The number of halogens is 1. The van der Waals surface area contributed by atoms with Gasteiger partial charge in [-0.2, -0.15) is 0 Å². The summed E-state index contributed by atoms with van der Waals surface area (Å²) in [5, 5.41) is 0.358. The summed E-state index contributed by atoms with van der Waals surface area (Å²) in [6.45, 7) is 3.51. The van der Waals surface area contributed by atoms with Crippen LogP contribution in [0.25, 0.3) is 0 Å². The van der Waals surface area contributed by atoms with E-state index in [2.05, 4.69) is 0 Å². The van der Waals surface area contributed by atoms with E-state index in [1.165, 1.54) is 6.92 Å². The van der Waals surface area contributed by atoms with Gasteiger partial charge in [0.25, 0.3) is 0 Å². The fourth-order valence-corrected chi connectivity index (χ4v) is 0.524. The van der Waals surface area contributed by atoms with Crippen LogP contribution in [0.15, 0.2) is 11.1 Å². The number of unbranched alkanes of at least 4 members (excludes halogenated alkanes) is 1. The van der Waals surface area contributed by atoms with Gasteiger partial charge in [-0.15, -0.1) is 0 Å². The van der Waals surface area contributed by atoms with Crippen LogP contribution in [0, 0.1) is 0 Å². The highest BCUT2D eigenvalue weighted by Crippen LogP contribution is 2.04. The third-order valence-corrected chi connectivity index (χ3v) is 1.37. The molecule has 0 spiro atoms. The number of ketones is 1. The molecule has 0 aromatic heterocycles. The largest absolute Gasteiger partial charge is 0.294 e. The van der Waals surface area contributed by atoms with Crippen molar-refractivity contribution in [3.05, 3.63) is 11.1 Å². The van der Waals surface area contributed by atoms with Gasteiger partial charge in [0.15, 0.2) is 5.78 Å². The molecule has 0 aliphatic carbocycles. The first-order valence-corrected chi connectivity index (χ1v) is 3.43. The SMILES string of the molecule is CCC/C=C(\Cl)C(C)=O. The van der Waals surface area contributed by atoms with E-state index in [0.717, 1.165) is 12.8 Å². The lowest BCUT2D eigenvalue weighted by Gasteiger charge is -1.88. The number of hydrogen-bond acceptors (Lipinski definition) is 1. The lowest BCUT2D eigenvalue weighted by molar-refractivity contribution is -0.113. The molecule has 0 unspecified atom stereocenters. The molecule has 0 aliphatic heterocycles. The molecule has 9 heavy (non-hydrogen) atoms. The maximum atomic E-state index is 10.4. The zero-order chi connectivity index (χ0) is 7.28. The van der Waals surface area contributed by atoms with Gasteiger partial charge in [0.2, 0.25) is 0 Å². The van der Waals surface area contributed by atoms with Crippen LogP contribution < -0.4 is 0 Å². The van der Waals surface area contributed by atoms with Crippen LogP contribution in [-0.4, -0.2) is 5.78 Å². The van der Waals surface area contributed by atoms with Crippen molar-refractivity contribution in [2.24, 2.45) is 0 Å². The van der Waals surface area contributed by atoms with Crippen molar-refractivity contribution < 1.29 is 4.79 Å². The topological polar surface area (TPSA) is 17.1 Å². The van der Waals surface area contributed by atoms with Gasteiger partial charge in [0.1, 0.15) is 0 Å². The summed E-state index contributed by atoms with van der Waals surface area (Å²) in [4.78, 5) is 10.4. The molecular weight excluding hydrogens is 136 g/mol. The first-order valence-electron chi connectivity index (χ1n) is 3.05. The van der Waals surface area contributed by atoms with Crippen LogP contribution in [-0.2, 0) is 4.79 Å². The fourth-order valence-electron chi connectivity index (χ4n) is 0.415. The summed E-state index contributed by atoms with van der Waals surface area (Å²) in [5.74, 6) is -0.0508. The summed E-state index contributed by atoms with van der Waals surface area (Å²) in [6, 6.07) is 0. The van der Waals surface area contributed by atoms with E-state index in [-0.39, 0.29) is 5.78 Å². The van der Waals surface area contributed by atoms with Gasteiger partial charge >= 0.3 is 0 Å². The van der Waals surface area contributed by atoms with Gasteiger partial charge in [-0.25, -0.2) is 0 Å². The van der Waals surface area contributed by atoms with Gasteiger partial charge in [-0.1, -0.05) is 31.0 Å². The summed E-state index contributed by atoms with van der Waals surface area (Å²) in [7, 11) is 0. The summed E-state index contributed by atoms with van der Waals surface area (Å²) < 4.78 is 0. The molecule has 0 fully saturated rings. The molecule has 0 atom stereocenters. The van der Waals surface area contributed by atoms with Gasteiger partial charge in [-0.3, -0.25) is 4.79 Å². The van der Waals surface area contributed by atoms with Crippen molar-refractivity contribution in [3.63, 3.8) is 0 Å².